The molecular weight excluding hydrogens is 292 g/mol. The first kappa shape index (κ1) is 16.4. The van der Waals surface area contributed by atoms with Gasteiger partial charge in [-0.2, -0.15) is 0 Å². The highest BCUT2D eigenvalue weighted by atomic mass is 16.6. The summed E-state index contributed by atoms with van der Waals surface area (Å²) < 4.78 is 5.92. The molecule has 1 aliphatic carbocycles. The second-order valence-electron chi connectivity index (χ2n) is 7.40. The number of hydrogen-bond donors (Lipinski definition) is 0. The Bertz CT molecular complexity index is 570. The molecule has 0 unspecified atom stereocenters. The first-order valence-electron chi connectivity index (χ1n) is 8.54. The van der Waals surface area contributed by atoms with Crippen LogP contribution in [-0.2, 0) is 11.3 Å². The SMILES string of the molecule is CCCN(Cc1ccc([N+](=O)[O-])cc1)[C@@H]1[C@H]2CCO[C@@H]2C1(C)C. The van der Waals surface area contributed by atoms with Crippen molar-refractivity contribution in [3.05, 3.63) is 39.9 Å². The maximum atomic E-state index is 10.8. The number of non-ortho nitro benzene ring substituents is 1. The van der Waals surface area contributed by atoms with E-state index in [1.54, 1.807) is 12.1 Å². The molecule has 2 fully saturated rings. The Morgan fingerprint density at radius 1 is 1.35 bits per heavy atom. The zero-order valence-electron chi connectivity index (χ0n) is 14.2. The Hall–Kier alpha value is -1.46. The van der Waals surface area contributed by atoms with E-state index in [0.29, 0.717) is 18.1 Å². The average molecular weight is 318 g/mol. The van der Waals surface area contributed by atoms with E-state index in [1.165, 1.54) is 0 Å². The van der Waals surface area contributed by atoms with Crippen molar-refractivity contribution >= 4 is 5.69 Å². The smallest absolute Gasteiger partial charge is 0.269 e. The van der Waals surface area contributed by atoms with E-state index in [1.807, 2.05) is 12.1 Å². The summed E-state index contributed by atoms with van der Waals surface area (Å²) in [6.07, 6.45) is 2.65. The van der Waals surface area contributed by atoms with Crippen LogP contribution in [-0.4, -0.2) is 35.1 Å². The number of ether oxygens (including phenoxy) is 1. The Morgan fingerprint density at radius 3 is 2.65 bits per heavy atom. The van der Waals surface area contributed by atoms with E-state index in [-0.39, 0.29) is 16.0 Å². The molecule has 5 heteroatoms. The number of benzene rings is 1. The van der Waals surface area contributed by atoms with Crippen LogP contribution in [0.1, 0.15) is 39.2 Å². The molecule has 23 heavy (non-hydrogen) atoms. The number of rotatable bonds is 6. The van der Waals surface area contributed by atoms with Crippen LogP contribution in [0.3, 0.4) is 0 Å². The van der Waals surface area contributed by atoms with Crippen LogP contribution in [0.2, 0.25) is 0 Å². The van der Waals surface area contributed by atoms with Gasteiger partial charge < -0.3 is 4.74 Å². The van der Waals surface area contributed by atoms with Crippen molar-refractivity contribution in [1.29, 1.82) is 0 Å². The number of nitrogens with zero attached hydrogens (tertiary/aromatic N) is 2. The number of nitro groups is 1. The highest BCUT2D eigenvalue weighted by molar-refractivity contribution is 5.33. The minimum atomic E-state index is -0.344. The molecular formula is C18H26N2O3. The Kier molecular flexibility index (Phi) is 4.43. The highest BCUT2D eigenvalue weighted by Crippen LogP contribution is 2.54. The summed E-state index contributed by atoms with van der Waals surface area (Å²) in [5.74, 6) is 0.634. The molecule has 5 nitrogen and oxygen atoms in total. The quantitative estimate of drug-likeness (QED) is 0.594. The maximum absolute atomic E-state index is 10.8. The molecule has 1 aromatic carbocycles. The van der Waals surface area contributed by atoms with Gasteiger partial charge in [0.1, 0.15) is 0 Å². The van der Waals surface area contributed by atoms with Gasteiger partial charge in [-0.25, -0.2) is 0 Å². The molecule has 1 saturated heterocycles. The third-order valence-electron chi connectivity index (χ3n) is 5.48. The second kappa shape index (κ2) is 6.21. The Labute approximate surface area is 137 Å². The maximum Gasteiger partial charge on any atom is 0.269 e. The van der Waals surface area contributed by atoms with Gasteiger partial charge in [0.05, 0.1) is 11.0 Å². The Balaban J connectivity index is 1.75. The first-order chi connectivity index (χ1) is 10.9. The van der Waals surface area contributed by atoms with E-state index in [2.05, 4.69) is 25.7 Å². The lowest BCUT2D eigenvalue weighted by molar-refractivity contribution is -0.384. The van der Waals surface area contributed by atoms with Gasteiger partial charge in [0.25, 0.3) is 5.69 Å². The zero-order chi connectivity index (χ0) is 16.6. The zero-order valence-corrected chi connectivity index (χ0v) is 14.2. The summed E-state index contributed by atoms with van der Waals surface area (Å²) in [4.78, 5) is 13.0. The standard InChI is InChI=1S/C18H26N2O3/c1-4-10-19(12-13-5-7-14(8-6-13)20(21)22)16-15-9-11-23-17(15)18(16,2)3/h5-8,15-17H,4,9-12H2,1-3H3/t15-,16-,17+/m1/s1. The molecule has 1 saturated carbocycles. The molecule has 1 aromatic rings. The molecule has 0 bridgehead atoms. The molecule has 1 aliphatic heterocycles. The molecule has 0 spiro atoms. The van der Waals surface area contributed by atoms with E-state index in [0.717, 1.165) is 38.1 Å². The van der Waals surface area contributed by atoms with Crippen molar-refractivity contribution in [1.82, 2.24) is 4.90 Å². The lowest BCUT2D eigenvalue weighted by atomic mass is 9.56. The van der Waals surface area contributed by atoms with Gasteiger partial charge in [0, 0.05) is 42.7 Å². The van der Waals surface area contributed by atoms with E-state index in [9.17, 15) is 10.1 Å². The summed E-state index contributed by atoms with van der Waals surface area (Å²) in [7, 11) is 0. The predicted octanol–water partition coefficient (Wildman–Crippen LogP) is 3.62. The van der Waals surface area contributed by atoms with E-state index in [4.69, 9.17) is 4.74 Å². The van der Waals surface area contributed by atoms with Crippen molar-refractivity contribution in [3.8, 4) is 0 Å². The molecule has 126 valence electrons. The highest BCUT2D eigenvalue weighted by Gasteiger charge is 2.60. The van der Waals surface area contributed by atoms with Crippen LogP contribution in [0, 0.1) is 21.4 Å². The lowest BCUT2D eigenvalue weighted by Gasteiger charge is -2.58. The van der Waals surface area contributed by atoms with Gasteiger partial charge in [-0.1, -0.05) is 32.9 Å². The Morgan fingerprint density at radius 2 is 2.04 bits per heavy atom. The molecule has 0 radical (unpaired) electrons. The molecule has 1 heterocycles. The monoisotopic (exact) mass is 318 g/mol. The van der Waals surface area contributed by atoms with Gasteiger partial charge >= 0.3 is 0 Å². The fraction of sp³-hybridized carbons (Fsp3) is 0.667. The van der Waals surface area contributed by atoms with E-state index >= 15 is 0 Å². The molecule has 3 rings (SSSR count). The van der Waals surface area contributed by atoms with Gasteiger partial charge in [-0.3, -0.25) is 15.0 Å². The second-order valence-corrected chi connectivity index (χ2v) is 7.40. The molecule has 2 aliphatic rings. The van der Waals surface area contributed by atoms with Gasteiger partial charge in [0.2, 0.25) is 0 Å². The van der Waals surface area contributed by atoms with Gasteiger partial charge in [-0.05, 0) is 24.9 Å². The van der Waals surface area contributed by atoms with E-state index < -0.39 is 0 Å². The lowest BCUT2D eigenvalue weighted by Crippen LogP contribution is -2.66. The van der Waals surface area contributed by atoms with Crippen LogP contribution >= 0.6 is 0 Å². The third-order valence-corrected chi connectivity index (χ3v) is 5.48. The number of hydrogen-bond acceptors (Lipinski definition) is 4. The van der Waals surface area contributed by atoms with Crippen LogP contribution in [0.15, 0.2) is 24.3 Å². The number of fused-ring (bicyclic) bond motifs is 1. The average Bonchev–Trinajstić information content (AvgIpc) is 2.94. The topological polar surface area (TPSA) is 55.6 Å². The summed E-state index contributed by atoms with van der Waals surface area (Å²) in [5, 5.41) is 10.8. The summed E-state index contributed by atoms with van der Waals surface area (Å²) in [6, 6.07) is 7.51. The molecule has 0 N–H and O–H groups in total. The minimum absolute atomic E-state index is 0.157. The van der Waals surface area contributed by atoms with Crippen molar-refractivity contribution in [2.45, 2.75) is 52.3 Å². The third kappa shape index (κ3) is 2.88. The van der Waals surface area contributed by atoms with Crippen molar-refractivity contribution in [2.75, 3.05) is 13.2 Å². The molecule has 0 amide bonds. The fourth-order valence-electron chi connectivity index (χ4n) is 4.60. The summed E-state index contributed by atoms with van der Waals surface area (Å²) >= 11 is 0. The first-order valence-corrected chi connectivity index (χ1v) is 8.54. The van der Waals surface area contributed by atoms with Crippen molar-refractivity contribution in [3.63, 3.8) is 0 Å². The van der Waals surface area contributed by atoms with Crippen molar-refractivity contribution in [2.24, 2.45) is 11.3 Å². The van der Waals surface area contributed by atoms with Crippen LogP contribution in [0.4, 0.5) is 5.69 Å². The van der Waals surface area contributed by atoms with Gasteiger partial charge in [-0.15, -0.1) is 0 Å². The van der Waals surface area contributed by atoms with Crippen LogP contribution < -0.4 is 0 Å². The van der Waals surface area contributed by atoms with Gasteiger partial charge in [0.15, 0.2) is 0 Å². The summed E-state index contributed by atoms with van der Waals surface area (Å²) in [6.45, 7) is 9.60. The predicted molar refractivity (Wildman–Crippen MR) is 89.2 cm³/mol. The molecule has 3 atom stereocenters. The van der Waals surface area contributed by atoms with Crippen LogP contribution in [0.25, 0.3) is 0 Å². The normalized spacial score (nSPS) is 28.4. The van der Waals surface area contributed by atoms with Crippen LogP contribution in [0.5, 0.6) is 0 Å². The number of nitro benzene ring substituents is 1. The van der Waals surface area contributed by atoms with Crippen molar-refractivity contribution < 1.29 is 9.66 Å². The fourth-order valence-corrected chi connectivity index (χ4v) is 4.60. The summed E-state index contributed by atoms with van der Waals surface area (Å²) in [5.41, 5.74) is 1.48. The minimum Gasteiger partial charge on any atom is -0.377 e. The largest absolute Gasteiger partial charge is 0.377 e. The molecule has 0 aromatic heterocycles.